The normalized spacial score (nSPS) is 21.7. The van der Waals surface area contributed by atoms with Crippen molar-refractivity contribution in [1.29, 1.82) is 0 Å². The quantitative estimate of drug-likeness (QED) is 0.773. The summed E-state index contributed by atoms with van der Waals surface area (Å²) in [7, 11) is 1.69. The van der Waals surface area contributed by atoms with Gasteiger partial charge in [-0.25, -0.2) is 0 Å². The number of nitrogens with zero attached hydrogens (tertiary/aromatic N) is 1. The van der Waals surface area contributed by atoms with E-state index in [2.05, 4.69) is 22.3 Å². The lowest BCUT2D eigenvalue weighted by Gasteiger charge is -2.24. The first-order chi connectivity index (χ1) is 10.8. The highest BCUT2D eigenvalue weighted by molar-refractivity contribution is 5.30. The topological polar surface area (TPSA) is 44.7 Å². The molecule has 2 atom stereocenters. The van der Waals surface area contributed by atoms with Gasteiger partial charge >= 0.3 is 0 Å². The third-order valence-electron chi connectivity index (χ3n) is 4.81. The fourth-order valence-corrected chi connectivity index (χ4v) is 3.39. The van der Waals surface area contributed by atoms with E-state index in [0.717, 1.165) is 25.4 Å². The molecular weight excluding hydrogens is 276 g/mol. The van der Waals surface area contributed by atoms with E-state index >= 15 is 0 Å². The van der Waals surface area contributed by atoms with Gasteiger partial charge < -0.3 is 20.1 Å². The minimum Gasteiger partial charge on any atom is -0.497 e. The van der Waals surface area contributed by atoms with Gasteiger partial charge in [-0.3, -0.25) is 0 Å². The summed E-state index contributed by atoms with van der Waals surface area (Å²) in [5, 5.41) is 13.9. The van der Waals surface area contributed by atoms with Crippen LogP contribution in [0.2, 0.25) is 0 Å². The second-order valence-electron chi connectivity index (χ2n) is 6.66. The summed E-state index contributed by atoms with van der Waals surface area (Å²) in [6, 6.07) is 8.68. The van der Waals surface area contributed by atoms with Crippen LogP contribution in [0.5, 0.6) is 5.75 Å². The summed E-state index contributed by atoms with van der Waals surface area (Å²) in [6.45, 7) is 3.75. The van der Waals surface area contributed by atoms with E-state index in [-0.39, 0.29) is 6.10 Å². The van der Waals surface area contributed by atoms with E-state index in [1.165, 1.54) is 31.2 Å². The second kappa shape index (κ2) is 7.44. The Morgan fingerprint density at radius 1 is 1.23 bits per heavy atom. The maximum Gasteiger partial charge on any atom is 0.118 e. The largest absolute Gasteiger partial charge is 0.497 e. The zero-order chi connectivity index (χ0) is 15.4. The van der Waals surface area contributed by atoms with Crippen molar-refractivity contribution in [1.82, 2.24) is 10.2 Å². The van der Waals surface area contributed by atoms with E-state index < -0.39 is 0 Å². The minimum atomic E-state index is -0.280. The van der Waals surface area contributed by atoms with Crippen LogP contribution in [0, 0.1) is 5.92 Å². The van der Waals surface area contributed by atoms with Crippen molar-refractivity contribution in [2.24, 2.45) is 5.92 Å². The molecule has 0 spiro atoms. The van der Waals surface area contributed by atoms with Crippen molar-refractivity contribution in [2.75, 3.05) is 33.3 Å². The molecule has 1 aliphatic carbocycles. The van der Waals surface area contributed by atoms with Gasteiger partial charge in [-0.05, 0) is 62.4 Å². The molecule has 1 aromatic rings. The molecule has 2 aliphatic rings. The standard InChI is InChI=1S/C18H28N2O2/c1-22-17-8-6-15(7-9-17)18(14-4-5-14)19-12-16(21)13-20-10-2-3-11-20/h6-9,14,16,18-19,21H,2-5,10-13H2,1H3. The molecule has 0 amide bonds. The average Bonchev–Trinajstić information content (AvgIpc) is 3.25. The molecule has 0 bridgehead atoms. The first-order valence-electron chi connectivity index (χ1n) is 8.54. The number of hydrogen-bond acceptors (Lipinski definition) is 4. The Bertz CT molecular complexity index is 453. The summed E-state index contributed by atoms with van der Waals surface area (Å²) in [5.74, 6) is 1.61. The molecular formula is C18H28N2O2. The lowest BCUT2D eigenvalue weighted by molar-refractivity contribution is 0.119. The fourth-order valence-electron chi connectivity index (χ4n) is 3.39. The third-order valence-corrected chi connectivity index (χ3v) is 4.81. The number of methoxy groups -OCH3 is 1. The predicted octanol–water partition coefficient (Wildman–Crippen LogP) is 2.19. The van der Waals surface area contributed by atoms with Crippen molar-refractivity contribution >= 4 is 0 Å². The molecule has 2 unspecified atom stereocenters. The molecule has 1 aromatic carbocycles. The van der Waals surface area contributed by atoms with E-state index in [1.807, 2.05) is 12.1 Å². The molecule has 4 nitrogen and oxygen atoms in total. The van der Waals surface area contributed by atoms with E-state index in [9.17, 15) is 5.11 Å². The summed E-state index contributed by atoms with van der Waals surface area (Å²) in [6.07, 6.45) is 4.84. The minimum absolute atomic E-state index is 0.280. The first kappa shape index (κ1) is 15.8. The van der Waals surface area contributed by atoms with E-state index in [0.29, 0.717) is 18.5 Å². The molecule has 4 heteroatoms. The van der Waals surface area contributed by atoms with Gasteiger partial charge in [0.15, 0.2) is 0 Å². The zero-order valence-corrected chi connectivity index (χ0v) is 13.5. The summed E-state index contributed by atoms with van der Waals surface area (Å²) >= 11 is 0. The van der Waals surface area contributed by atoms with Crippen molar-refractivity contribution in [3.63, 3.8) is 0 Å². The Morgan fingerprint density at radius 2 is 1.91 bits per heavy atom. The van der Waals surface area contributed by atoms with Crippen LogP contribution in [0.3, 0.4) is 0 Å². The van der Waals surface area contributed by atoms with Crippen molar-refractivity contribution in [3.05, 3.63) is 29.8 Å². The van der Waals surface area contributed by atoms with Crippen LogP contribution in [0.25, 0.3) is 0 Å². The molecule has 1 saturated heterocycles. The molecule has 122 valence electrons. The number of hydrogen-bond donors (Lipinski definition) is 2. The number of likely N-dealkylation sites (tertiary alicyclic amines) is 1. The fraction of sp³-hybridized carbons (Fsp3) is 0.667. The third kappa shape index (κ3) is 4.22. The van der Waals surface area contributed by atoms with Gasteiger partial charge in [0.1, 0.15) is 5.75 Å². The molecule has 3 rings (SSSR count). The number of ether oxygens (including phenoxy) is 1. The Kier molecular flexibility index (Phi) is 5.34. The van der Waals surface area contributed by atoms with Crippen LogP contribution >= 0.6 is 0 Å². The number of aliphatic hydroxyl groups excluding tert-OH is 1. The highest BCUT2D eigenvalue weighted by Gasteiger charge is 2.32. The summed E-state index contributed by atoms with van der Waals surface area (Å²) in [4.78, 5) is 2.37. The Balaban J connectivity index is 1.52. The number of nitrogens with one attached hydrogen (secondary N) is 1. The van der Waals surface area contributed by atoms with Crippen molar-refractivity contribution < 1.29 is 9.84 Å². The molecule has 1 aliphatic heterocycles. The number of β-amino-alcohol motifs (C(OH)–C–C–N with tert-alkyl or cyclic N) is 1. The molecule has 2 N–H and O–H groups in total. The first-order valence-corrected chi connectivity index (χ1v) is 8.54. The Hall–Kier alpha value is -1.10. The highest BCUT2D eigenvalue weighted by Crippen LogP contribution is 2.41. The van der Waals surface area contributed by atoms with E-state index in [1.54, 1.807) is 7.11 Å². The highest BCUT2D eigenvalue weighted by atomic mass is 16.5. The summed E-state index contributed by atoms with van der Waals surface area (Å²) < 4.78 is 5.23. The summed E-state index contributed by atoms with van der Waals surface area (Å²) in [5.41, 5.74) is 1.30. The van der Waals surface area contributed by atoms with Crippen molar-refractivity contribution in [2.45, 2.75) is 37.8 Å². The van der Waals surface area contributed by atoms with Gasteiger partial charge in [0.25, 0.3) is 0 Å². The average molecular weight is 304 g/mol. The molecule has 0 radical (unpaired) electrons. The van der Waals surface area contributed by atoms with E-state index in [4.69, 9.17) is 4.74 Å². The van der Waals surface area contributed by atoms with Gasteiger partial charge in [0, 0.05) is 19.1 Å². The Morgan fingerprint density at radius 3 is 2.50 bits per heavy atom. The van der Waals surface area contributed by atoms with Crippen LogP contribution in [-0.4, -0.2) is 49.4 Å². The second-order valence-corrected chi connectivity index (χ2v) is 6.66. The van der Waals surface area contributed by atoms with Crippen LogP contribution in [-0.2, 0) is 0 Å². The molecule has 1 saturated carbocycles. The van der Waals surface area contributed by atoms with Crippen LogP contribution in [0.4, 0.5) is 0 Å². The van der Waals surface area contributed by atoms with Crippen LogP contribution in [0.1, 0.15) is 37.3 Å². The number of benzene rings is 1. The SMILES string of the molecule is COc1ccc(C(NCC(O)CN2CCCC2)C2CC2)cc1. The number of aliphatic hydroxyl groups is 1. The maximum absolute atomic E-state index is 10.3. The molecule has 22 heavy (non-hydrogen) atoms. The lowest BCUT2D eigenvalue weighted by atomic mass is 10.0. The molecule has 2 fully saturated rings. The van der Waals surface area contributed by atoms with Crippen LogP contribution in [0.15, 0.2) is 24.3 Å². The number of rotatable bonds is 8. The Labute approximate surface area is 133 Å². The smallest absolute Gasteiger partial charge is 0.118 e. The van der Waals surface area contributed by atoms with Gasteiger partial charge in [-0.2, -0.15) is 0 Å². The molecule has 1 heterocycles. The van der Waals surface area contributed by atoms with Gasteiger partial charge in [0.2, 0.25) is 0 Å². The predicted molar refractivity (Wildman–Crippen MR) is 88.1 cm³/mol. The van der Waals surface area contributed by atoms with Gasteiger partial charge in [-0.15, -0.1) is 0 Å². The van der Waals surface area contributed by atoms with Crippen LogP contribution < -0.4 is 10.1 Å². The lowest BCUT2D eigenvalue weighted by Crippen LogP contribution is -2.38. The molecule has 0 aromatic heterocycles. The monoisotopic (exact) mass is 304 g/mol. The van der Waals surface area contributed by atoms with Gasteiger partial charge in [-0.1, -0.05) is 12.1 Å². The van der Waals surface area contributed by atoms with Crippen molar-refractivity contribution in [3.8, 4) is 5.75 Å². The van der Waals surface area contributed by atoms with Gasteiger partial charge in [0.05, 0.1) is 13.2 Å². The zero-order valence-electron chi connectivity index (χ0n) is 13.5. The maximum atomic E-state index is 10.3.